The van der Waals surface area contributed by atoms with E-state index in [1.54, 1.807) is 12.3 Å². The average molecular weight is 388 g/mol. The molecule has 1 aromatic carbocycles. The molecular weight excluding hydrogens is 368 g/mol. The van der Waals surface area contributed by atoms with Gasteiger partial charge in [0.15, 0.2) is 0 Å². The van der Waals surface area contributed by atoms with Gasteiger partial charge < -0.3 is 5.32 Å². The number of hydrogen-bond donors (Lipinski definition) is 1. The second-order valence-corrected chi connectivity index (χ2v) is 6.60. The number of aromatic nitrogens is 5. The molecule has 0 spiro atoms. The van der Waals surface area contributed by atoms with E-state index in [2.05, 4.69) is 27.4 Å². The zero-order chi connectivity index (χ0) is 20.2. The number of carbonyl (C=O) groups excluding carboxylic acids is 1. The van der Waals surface area contributed by atoms with E-state index < -0.39 is 0 Å². The molecule has 1 amide bonds. The smallest absolute Gasteiger partial charge is 0.293 e. The molecule has 3 heterocycles. The van der Waals surface area contributed by atoms with E-state index in [1.807, 2.05) is 42.5 Å². The monoisotopic (exact) mass is 388 g/mol. The van der Waals surface area contributed by atoms with Crippen LogP contribution in [0.15, 0.2) is 65.8 Å². The summed E-state index contributed by atoms with van der Waals surface area (Å²) in [6, 6.07) is 15.2. The number of nitrogens with one attached hydrogen (secondary N) is 1. The molecular formula is C21H20N6O2. The first-order valence-corrected chi connectivity index (χ1v) is 9.35. The van der Waals surface area contributed by atoms with Gasteiger partial charge in [-0.15, -0.1) is 0 Å². The number of aryl methyl sites for hydroxylation is 1. The Morgan fingerprint density at radius 1 is 1.14 bits per heavy atom. The minimum Gasteiger partial charge on any atom is -0.349 e. The van der Waals surface area contributed by atoms with E-state index in [-0.39, 0.29) is 18.0 Å². The van der Waals surface area contributed by atoms with Gasteiger partial charge in [0.05, 0.1) is 17.9 Å². The molecule has 0 fully saturated rings. The van der Waals surface area contributed by atoms with Crippen molar-refractivity contribution in [3.8, 4) is 11.3 Å². The minimum atomic E-state index is -0.371. The van der Waals surface area contributed by atoms with Crippen LogP contribution in [0, 0.1) is 0 Å². The summed E-state index contributed by atoms with van der Waals surface area (Å²) in [6.45, 7) is 2.22. The number of rotatable bonds is 6. The van der Waals surface area contributed by atoms with Gasteiger partial charge >= 0.3 is 0 Å². The summed E-state index contributed by atoms with van der Waals surface area (Å²) < 4.78 is 2.57. The Morgan fingerprint density at radius 2 is 1.97 bits per heavy atom. The van der Waals surface area contributed by atoms with Gasteiger partial charge in [-0.1, -0.05) is 37.3 Å². The Bertz CT molecular complexity index is 1200. The summed E-state index contributed by atoms with van der Waals surface area (Å²) in [5.41, 5.74) is 3.58. The van der Waals surface area contributed by atoms with Gasteiger partial charge in [-0.05, 0) is 30.2 Å². The zero-order valence-electron chi connectivity index (χ0n) is 15.9. The van der Waals surface area contributed by atoms with Crippen LogP contribution in [0.1, 0.15) is 18.2 Å². The molecule has 0 unspecified atom stereocenters. The highest BCUT2D eigenvalue weighted by Gasteiger charge is 2.12. The van der Waals surface area contributed by atoms with Crippen molar-refractivity contribution in [2.24, 2.45) is 0 Å². The van der Waals surface area contributed by atoms with Crippen LogP contribution in [-0.2, 0) is 24.3 Å². The molecule has 4 aromatic rings. The van der Waals surface area contributed by atoms with Gasteiger partial charge in [0.25, 0.3) is 5.56 Å². The Balaban J connectivity index is 1.52. The second-order valence-electron chi connectivity index (χ2n) is 6.60. The second kappa shape index (κ2) is 8.05. The van der Waals surface area contributed by atoms with Crippen molar-refractivity contribution < 1.29 is 4.79 Å². The van der Waals surface area contributed by atoms with Crippen LogP contribution in [0.25, 0.3) is 16.8 Å². The van der Waals surface area contributed by atoms with E-state index in [0.29, 0.717) is 17.8 Å². The summed E-state index contributed by atoms with van der Waals surface area (Å²) in [5, 5.41) is 11.2. The Hall–Kier alpha value is -3.81. The molecule has 0 saturated carbocycles. The summed E-state index contributed by atoms with van der Waals surface area (Å²) in [5.74, 6) is -0.315. The normalized spacial score (nSPS) is 10.9. The van der Waals surface area contributed by atoms with Gasteiger partial charge in [0.2, 0.25) is 5.91 Å². The summed E-state index contributed by atoms with van der Waals surface area (Å²) in [7, 11) is 0. The maximum absolute atomic E-state index is 12.7. The quantitative estimate of drug-likeness (QED) is 0.544. The lowest BCUT2D eigenvalue weighted by molar-refractivity contribution is -0.122. The third-order valence-electron chi connectivity index (χ3n) is 4.63. The summed E-state index contributed by atoms with van der Waals surface area (Å²) in [6.07, 6.45) is 4.06. The molecule has 8 nitrogen and oxygen atoms in total. The molecule has 0 aliphatic heterocycles. The first kappa shape index (κ1) is 18.5. The van der Waals surface area contributed by atoms with Crippen LogP contribution < -0.4 is 10.9 Å². The van der Waals surface area contributed by atoms with E-state index in [1.165, 1.54) is 16.4 Å². The standard InChI is InChI=1S/C21H20N6O2/c1-2-15-6-8-16(9-7-15)18-11-19-21(29)26(24-14-27(19)25-18)13-20(28)23-12-17-5-3-4-10-22-17/h3-11,14H,2,12-13H2,1H3,(H,23,28). The van der Waals surface area contributed by atoms with E-state index in [9.17, 15) is 9.59 Å². The molecule has 0 radical (unpaired) electrons. The lowest BCUT2D eigenvalue weighted by atomic mass is 10.1. The maximum Gasteiger partial charge on any atom is 0.293 e. The fraction of sp³-hybridized carbons (Fsp3) is 0.190. The number of nitrogens with zero attached hydrogens (tertiary/aromatic N) is 5. The molecule has 146 valence electrons. The van der Waals surface area contributed by atoms with Crippen LogP contribution >= 0.6 is 0 Å². The third-order valence-corrected chi connectivity index (χ3v) is 4.63. The molecule has 29 heavy (non-hydrogen) atoms. The first-order chi connectivity index (χ1) is 14.1. The topological polar surface area (TPSA) is 94.2 Å². The zero-order valence-corrected chi connectivity index (χ0v) is 15.9. The highest BCUT2D eigenvalue weighted by atomic mass is 16.2. The Morgan fingerprint density at radius 3 is 2.69 bits per heavy atom. The van der Waals surface area contributed by atoms with Gasteiger partial charge in [0, 0.05) is 11.8 Å². The Labute approximate surface area is 166 Å². The Kier molecular flexibility index (Phi) is 5.15. The molecule has 0 bridgehead atoms. The van der Waals surface area contributed by atoms with Crippen molar-refractivity contribution in [1.29, 1.82) is 0 Å². The van der Waals surface area contributed by atoms with E-state index in [4.69, 9.17) is 0 Å². The number of carbonyl (C=O) groups is 1. The maximum atomic E-state index is 12.7. The van der Waals surface area contributed by atoms with Crippen molar-refractivity contribution in [1.82, 2.24) is 29.7 Å². The van der Waals surface area contributed by atoms with Gasteiger partial charge in [-0.2, -0.15) is 10.2 Å². The fourth-order valence-electron chi connectivity index (χ4n) is 2.99. The number of hydrogen-bond acceptors (Lipinski definition) is 5. The predicted molar refractivity (Wildman–Crippen MR) is 108 cm³/mol. The molecule has 1 N–H and O–H groups in total. The van der Waals surface area contributed by atoms with Crippen LogP contribution in [-0.4, -0.2) is 30.3 Å². The molecule has 0 aliphatic rings. The van der Waals surface area contributed by atoms with Crippen LogP contribution in [0.2, 0.25) is 0 Å². The molecule has 0 saturated heterocycles. The fourth-order valence-corrected chi connectivity index (χ4v) is 2.99. The van der Waals surface area contributed by atoms with Crippen LogP contribution in [0.5, 0.6) is 0 Å². The SMILES string of the molecule is CCc1ccc(-c2cc3c(=O)n(CC(=O)NCc4ccccn4)ncn3n2)cc1. The average Bonchev–Trinajstić information content (AvgIpc) is 3.20. The minimum absolute atomic E-state index is 0.173. The highest BCUT2D eigenvalue weighted by molar-refractivity contribution is 5.75. The first-order valence-electron chi connectivity index (χ1n) is 9.35. The van der Waals surface area contributed by atoms with Gasteiger partial charge in [-0.3, -0.25) is 14.6 Å². The van der Waals surface area contributed by atoms with E-state index in [0.717, 1.165) is 22.4 Å². The molecule has 4 rings (SSSR count). The third kappa shape index (κ3) is 4.06. The van der Waals surface area contributed by atoms with Crippen molar-refractivity contribution in [3.05, 3.63) is 82.7 Å². The van der Waals surface area contributed by atoms with Crippen molar-refractivity contribution in [2.75, 3.05) is 0 Å². The van der Waals surface area contributed by atoms with Gasteiger partial charge in [-0.25, -0.2) is 9.20 Å². The lowest BCUT2D eigenvalue weighted by Crippen LogP contribution is -2.34. The highest BCUT2D eigenvalue weighted by Crippen LogP contribution is 2.19. The molecule has 0 atom stereocenters. The van der Waals surface area contributed by atoms with Gasteiger partial charge in [0.1, 0.15) is 18.4 Å². The van der Waals surface area contributed by atoms with Crippen LogP contribution in [0.3, 0.4) is 0 Å². The lowest BCUT2D eigenvalue weighted by Gasteiger charge is -2.06. The number of fused-ring (bicyclic) bond motifs is 1. The van der Waals surface area contributed by atoms with Crippen molar-refractivity contribution in [2.45, 2.75) is 26.4 Å². The van der Waals surface area contributed by atoms with Crippen LogP contribution in [0.4, 0.5) is 0 Å². The number of amides is 1. The molecule has 0 aliphatic carbocycles. The van der Waals surface area contributed by atoms with Crippen molar-refractivity contribution in [3.63, 3.8) is 0 Å². The predicted octanol–water partition coefficient (Wildman–Crippen LogP) is 1.83. The van der Waals surface area contributed by atoms with E-state index >= 15 is 0 Å². The molecule has 8 heteroatoms. The summed E-state index contributed by atoms with van der Waals surface area (Å²) >= 11 is 0. The summed E-state index contributed by atoms with van der Waals surface area (Å²) in [4.78, 5) is 29.1. The van der Waals surface area contributed by atoms with Crippen molar-refractivity contribution >= 4 is 11.4 Å². The number of pyridine rings is 1. The molecule has 3 aromatic heterocycles. The number of benzene rings is 1. The largest absolute Gasteiger partial charge is 0.349 e.